The van der Waals surface area contributed by atoms with E-state index in [1.165, 1.54) is 5.56 Å². The number of pyridine rings is 1. The lowest BCUT2D eigenvalue weighted by Gasteiger charge is -2.20. The van der Waals surface area contributed by atoms with Crippen LogP contribution in [0, 0.1) is 0 Å². The summed E-state index contributed by atoms with van der Waals surface area (Å²) in [5.41, 5.74) is 1.01. The highest BCUT2D eigenvalue weighted by molar-refractivity contribution is 5.78. The zero-order valence-electron chi connectivity index (χ0n) is 10.8. The summed E-state index contributed by atoms with van der Waals surface area (Å²) in [6.45, 7) is 7.06. The Morgan fingerprint density at radius 3 is 2.76 bits per heavy atom. The summed E-state index contributed by atoms with van der Waals surface area (Å²) < 4.78 is 0. The fourth-order valence-electron chi connectivity index (χ4n) is 1.44. The van der Waals surface area contributed by atoms with E-state index in [-0.39, 0.29) is 11.4 Å². The molecule has 4 nitrogen and oxygen atoms in total. The van der Waals surface area contributed by atoms with E-state index in [1.54, 1.807) is 6.20 Å². The first-order valence-corrected chi connectivity index (χ1v) is 5.88. The molecule has 2 N–H and O–H groups in total. The molecule has 1 aromatic rings. The number of rotatable bonds is 5. The van der Waals surface area contributed by atoms with Crippen molar-refractivity contribution in [2.75, 3.05) is 13.1 Å². The lowest BCUT2D eigenvalue weighted by atomic mass is 10.1. The number of carbonyl (C=O) groups is 1. The second kappa shape index (κ2) is 6.35. The Morgan fingerprint density at radius 1 is 1.41 bits per heavy atom. The molecule has 0 unspecified atom stereocenters. The van der Waals surface area contributed by atoms with Gasteiger partial charge in [0.1, 0.15) is 0 Å². The lowest BCUT2D eigenvalue weighted by Crippen LogP contribution is -2.45. The summed E-state index contributed by atoms with van der Waals surface area (Å²) in [5, 5.41) is 6.02. The van der Waals surface area contributed by atoms with Crippen LogP contribution < -0.4 is 10.6 Å². The van der Waals surface area contributed by atoms with Gasteiger partial charge in [0.25, 0.3) is 0 Å². The number of amides is 1. The molecular formula is C13H21N3O. The van der Waals surface area contributed by atoms with Gasteiger partial charge in [-0.15, -0.1) is 0 Å². The van der Waals surface area contributed by atoms with Gasteiger partial charge in [-0.2, -0.15) is 0 Å². The normalized spacial score (nSPS) is 11.2. The van der Waals surface area contributed by atoms with Crippen LogP contribution in [0.2, 0.25) is 0 Å². The van der Waals surface area contributed by atoms with Gasteiger partial charge in [0.2, 0.25) is 5.91 Å². The summed E-state index contributed by atoms with van der Waals surface area (Å²) in [5.74, 6) is 0.0312. The SMILES string of the molecule is CC(C)(C)NC(=O)CNCCc1cccnc1. The van der Waals surface area contributed by atoms with E-state index >= 15 is 0 Å². The second-order valence-corrected chi connectivity index (χ2v) is 5.09. The van der Waals surface area contributed by atoms with Gasteiger partial charge >= 0.3 is 0 Å². The summed E-state index contributed by atoms with van der Waals surface area (Å²) in [6.07, 6.45) is 4.49. The fourth-order valence-corrected chi connectivity index (χ4v) is 1.44. The van der Waals surface area contributed by atoms with Gasteiger partial charge in [0, 0.05) is 17.9 Å². The van der Waals surface area contributed by atoms with Gasteiger partial charge in [0.15, 0.2) is 0 Å². The number of hydrogen-bond acceptors (Lipinski definition) is 3. The average molecular weight is 235 g/mol. The van der Waals surface area contributed by atoms with Crippen molar-refractivity contribution in [3.8, 4) is 0 Å². The first-order chi connectivity index (χ1) is 7.97. The van der Waals surface area contributed by atoms with Crippen molar-refractivity contribution in [1.82, 2.24) is 15.6 Å². The van der Waals surface area contributed by atoms with Crippen molar-refractivity contribution in [2.45, 2.75) is 32.7 Å². The molecule has 0 aliphatic carbocycles. The third kappa shape index (κ3) is 6.68. The number of hydrogen-bond donors (Lipinski definition) is 2. The monoisotopic (exact) mass is 235 g/mol. The zero-order valence-corrected chi connectivity index (χ0v) is 10.8. The second-order valence-electron chi connectivity index (χ2n) is 5.09. The van der Waals surface area contributed by atoms with Gasteiger partial charge in [-0.3, -0.25) is 9.78 Å². The van der Waals surface area contributed by atoms with Crippen molar-refractivity contribution in [2.24, 2.45) is 0 Å². The molecule has 0 saturated carbocycles. The maximum atomic E-state index is 11.5. The van der Waals surface area contributed by atoms with E-state index in [0.29, 0.717) is 6.54 Å². The van der Waals surface area contributed by atoms with Crippen molar-refractivity contribution in [1.29, 1.82) is 0 Å². The Balaban J connectivity index is 2.14. The molecule has 1 aromatic heterocycles. The minimum Gasteiger partial charge on any atom is -0.350 e. The summed E-state index contributed by atoms with van der Waals surface area (Å²) in [4.78, 5) is 15.5. The number of nitrogens with zero attached hydrogens (tertiary/aromatic N) is 1. The van der Waals surface area contributed by atoms with Crippen molar-refractivity contribution in [3.63, 3.8) is 0 Å². The molecule has 4 heteroatoms. The molecule has 94 valence electrons. The van der Waals surface area contributed by atoms with Crippen LogP contribution in [0.4, 0.5) is 0 Å². The molecule has 0 bridgehead atoms. The lowest BCUT2D eigenvalue weighted by molar-refractivity contribution is -0.121. The zero-order chi connectivity index (χ0) is 12.7. The van der Waals surface area contributed by atoms with Gasteiger partial charge in [-0.1, -0.05) is 6.07 Å². The Bertz CT molecular complexity index is 343. The summed E-state index contributed by atoms with van der Waals surface area (Å²) in [6, 6.07) is 3.95. The Kier molecular flexibility index (Phi) is 5.10. The first kappa shape index (κ1) is 13.6. The fraction of sp³-hybridized carbons (Fsp3) is 0.538. The first-order valence-electron chi connectivity index (χ1n) is 5.88. The van der Waals surface area contributed by atoms with Crippen LogP contribution >= 0.6 is 0 Å². The van der Waals surface area contributed by atoms with Crippen LogP contribution in [0.15, 0.2) is 24.5 Å². The van der Waals surface area contributed by atoms with Crippen molar-refractivity contribution < 1.29 is 4.79 Å². The number of nitrogens with one attached hydrogen (secondary N) is 2. The maximum absolute atomic E-state index is 11.5. The largest absolute Gasteiger partial charge is 0.350 e. The van der Waals surface area contributed by atoms with Crippen LogP contribution in [0.5, 0.6) is 0 Å². The van der Waals surface area contributed by atoms with E-state index in [1.807, 2.05) is 39.1 Å². The molecular weight excluding hydrogens is 214 g/mol. The van der Waals surface area contributed by atoms with E-state index in [9.17, 15) is 4.79 Å². The molecule has 0 fully saturated rings. The minimum atomic E-state index is -0.165. The highest BCUT2D eigenvalue weighted by Crippen LogP contribution is 1.97. The Labute approximate surface area is 103 Å². The van der Waals surface area contributed by atoms with Gasteiger partial charge < -0.3 is 10.6 Å². The highest BCUT2D eigenvalue weighted by Gasteiger charge is 2.12. The summed E-state index contributed by atoms with van der Waals surface area (Å²) >= 11 is 0. The van der Waals surface area contributed by atoms with Gasteiger partial charge in [-0.05, 0) is 45.4 Å². The van der Waals surface area contributed by atoms with Crippen molar-refractivity contribution >= 4 is 5.91 Å². The van der Waals surface area contributed by atoms with E-state index in [2.05, 4.69) is 15.6 Å². The van der Waals surface area contributed by atoms with Crippen LogP contribution in [0.1, 0.15) is 26.3 Å². The van der Waals surface area contributed by atoms with Crippen LogP contribution in [-0.2, 0) is 11.2 Å². The van der Waals surface area contributed by atoms with Crippen LogP contribution in [0.3, 0.4) is 0 Å². The van der Waals surface area contributed by atoms with Gasteiger partial charge in [0.05, 0.1) is 6.54 Å². The van der Waals surface area contributed by atoms with Crippen molar-refractivity contribution in [3.05, 3.63) is 30.1 Å². The van der Waals surface area contributed by atoms with E-state index in [4.69, 9.17) is 0 Å². The molecule has 0 aliphatic rings. The van der Waals surface area contributed by atoms with E-state index in [0.717, 1.165) is 13.0 Å². The minimum absolute atomic E-state index is 0.0312. The molecule has 17 heavy (non-hydrogen) atoms. The molecule has 1 amide bonds. The standard InChI is InChI=1S/C13H21N3O/c1-13(2,3)16-12(17)10-15-8-6-11-5-4-7-14-9-11/h4-5,7,9,15H,6,8,10H2,1-3H3,(H,16,17). The average Bonchev–Trinajstić information content (AvgIpc) is 2.23. The molecule has 0 aromatic carbocycles. The summed E-state index contributed by atoms with van der Waals surface area (Å²) in [7, 11) is 0. The molecule has 0 aliphatic heterocycles. The van der Waals surface area contributed by atoms with E-state index < -0.39 is 0 Å². The maximum Gasteiger partial charge on any atom is 0.234 e. The number of aromatic nitrogens is 1. The Morgan fingerprint density at radius 2 is 2.18 bits per heavy atom. The molecule has 0 atom stereocenters. The van der Waals surface area contributed by atoms with Crippen LogP contribution in [-0.4, -0.2) is 29.5 Å². The third-order valence-electron chi connectivity index (χ3n) is 2.11. The highest BCUT2D eigenvalue weighted by atomic mass is 16.2. The number of carbonyl (C=O) groups excluding carboxylic acids is 1. The molecule has 0 radical (unpaired) electrons. The molecule has 1 rings (SSSR count). The molecule has 0 spiro atoms. The predicted octanol–water partition coefficient (Wildman–Crippen LogP) is 1.13. The smallest absolute Gasteiger partial charge is 0.234 e. The topological polar surface area (TPSA) is 54.0 Å². The van der Waals surface area contributed by atoms with Crippen LogP contribution in [0.25, 0.3) is 0 Å². The molecule has 0 saturated heterocycles. The quantitative estimate of drug-likeness (QED) is 0.752. The predicted molar refractivity (Wildman–Crippen MR) is 68.7 cm³/mol. The Hall–Kier alpha value is -1.42. The molecule has 1 heterocycles. The third-order valence-corrected chi connectivity index (χ3v) is 2.11. The van der Waals surface area contributed by atoms with Gasteiger partial charge in [-0.25, -0.2) is 0 Å².